The summed E-state index contributed by atoms with van der Waals surface area (Å²) >= 11 is 0. The van der Waals surface area contributed by atoms with Gasteiger partial charge in [-0.1, -0.05) is 30.3 Å². The predicted molar refractivity (Wildman–Crippen MR) is 62.8 cm³/mol. The van der Waals surface area contributed by atoms with Crippen molar-refractivity contribution in [2.45, 2.75) is 39.3 Å². The highest BCUT2D eigenvalue weighted by molar-refractivity contribution is 5.76. The molecule has 0 saturated heterocycles. The molecule has 0 amide bonds. The van der Waals surface area contributed by atoms with Gasteiger partial charge in [-0.25, -0.2) is 0 Å². The SMILES string of the molecule is CC(=O)CC(C)N[C@@H](C)c1ccccc1. The first-order chi connectivity index (χ1) is 7.09. The van der Waals surface area contributed by atoms with Gasteiger partial charge in [0, 0.05) is 18.5 Å². The van der Waals surface area contributed by atoms with E-state index >= 15 is 0 Å². The quantitative estimate of drug-likeness (QED) is 0.800. The molecule has 1 N–H and O–H groups in total. The van der Waals surface area contributed by atoms with E-state index in [1.165, 1.54) is 5.56 Å². The first kappa shape index (κ1) is 11.9. The van der Waals surface area contributed by atoms with E-state index in [2.05, 4.69) is 24.4 Å². The molecule has 2 atom stereocenters. The van der Waals surface area contributed by atoms with E-state index < -0.39 is 0 Å². The monoisotopic (exact) mass is 205 g/mol. The molecule has 1 aromatic rings. The van der Waals surface area contributed by atoms with Crippen LogP contribution < -0.4 is 5.32 Å². The maximum absolute atomic E-state index is 10.9. The van der Waals surface area contributed by atoms with E-state index in [9.17, 15) is 4.79 Å². The zero-order valence-electron chi connectivity index (χ0n) is 9.66. The van der Waals surface area contributed by atoms with Gasteiger partial charge in [0.1, 0.15) is 5.78 Å². The van der Waals surface area contributed by atoms with Gasteiger partial charge in [-0.2, -0.15) is 0 Å². The van der Waals surface area contributed by atoms with Gasteiger partial charge < -0.3 is 5.32 Å². The van der Waals surface area contributed by atoms with E-state index in [1.807, 2.05) is 25.1 Å². The maximum Gasteiger partial charge on any atom is 0.131 e. The summed E-state index contributed by atoms with van der Waals surface area (Å²) in [4.78, 5) is 10.9. The van der Waals surface area contributed by atoms with Crippen LogP contribution in [-0.4, -0.2) is 11.8 Å². The summed E-state index contributed by atoms with van der Waals surface area (Å²) in [6, 6.07) is 10.8. The summed E-state index contributed by atoms with van der Waals surface area (Å²) in [5, 5.41) is 3.41. The van der Waals surface area contributed by atoms with Crippen LogP contribution in [-0.2, 0) is 4.79 Å². The molecule has 1 aromatic carbocycles. The topological polar surface area (TPSA) is 29.1 Å². The first-order valence-electron chi connectivity index (χ1n) is 5.40. The highest BCUT2D eigenvalue weighted by atomic mass is 16.1. The van der Waals surface area contributed by atoms with E-state index in [0.29, 0.717) is 12.5 Å². The largest absolute Gasteiger partial charge is 0.307 e. The Morgan fingerprint density at radius 3 is 2.40 bits per heavy atom. The Morgan fingerprint density at radius 2 is 1.87 bits per heavy atom. The highest BCUT2D eigenvalue weighted by Gasteiger charge is 2.10. The van der Waals surface area contributed by atoms with Crippen LogP contribution in [0.15, 0.2) is 30.3 Å². The molecule has 0 aliphatic rings. The number of carbonyl (C=O) groups excluding carboxylic acids is 1. The lowest BCUT2D eigenvalue weighted by Gasteiger charge is -2.19. The van der Waals surface area contributed by atoms with Gasteiger partial charge in [0.25, 0.3) is 0 Å². The average molecular weight is 205 g/mol. The molecule has 0 radical (unpaired) electrons. The number of rotatable bonds is 5. The zero-order chi connectivity index (χ0) is 11.3. The number of hydrogen-bond acceptors (Lipinski definition) is 2. The molecule has 0 bridgehead atoms. The molecule has 0 heterocycles. The Kier molecular flexibility index (Phi) is 4.50. The molecule has 0 aliphatic heterocycles. The molecule has 2 nitrogen and oxygen atoms in total. The van der Waals surface area contributed by atoms with E-state index in [4.69, 9.17) is 0 Å². The molecule has 1 unspecified atom stereocenters. The van der Waals surface area contributed by atoms with Crippen LogP contribution in [0.2, 0.25) is 0 Å². The van der Waals surface area contributed by atoms with Crippen molar-refractivity contribution in [1.29, 1.82) is 0 Å². The summed E-state index contributed by atoms with van der Waals surface area (Å²) in [5.74, 6) is 0.232. The fourth-order valence-electron chi connectivity index (χ4n) is 1.75. The van der Waals surface area contributed by atoms with Crippen molar-refractivity contribution in [3.8, 4) is 0 Å². The lowest BCUT2D eigenvalue weighted by molar-refractivity contribution is -0.117. The molecule has 82 valence electrons. The molecule has 0 aromatic heterocycles. The fraction of sp³-hybridized carbons (Fsp3) is 0.462. The summed E-state index contributed by atoms with van der Waals surface area (Å²) in [6.45, 7) is 5.79. The lowest BCUT2D eigenvalue weighted by Crippen LogP contribution is -2.30. The van der Waals surface area contributed by atoms with Gasteiger partial charge in [-0.05, 0) is 26.3 Å². The van der Waals surface area contributed by atoms with Crippen molar-refractivity contribution in [2.24, 2.45) is 0 Å². The minimum atomic E-state index is 0.232. The summed E-state index contributed by atoms with van der Waals surface area (Å²) in [6.07, 6.45) is 0.594. The Bertz CT molecular complexity index is 308. The first-order valence-corrected chi connectivity index (χ1v) is 5.40. The number of nitrogens with one attached hydrogen (secondary N) is 1. The molecule has 0 saturated carbocycles. The third-order valence-electron chi connectivity index (χ3n) is 2.43. The average Bonchev–Trinajstić information content (AvgIpc) is 2.17. The highest BCUT2D eigenvalue weighted by Crippen LogP contribution is 2.12. The smallest absolute Gasteiger partial charge is 0.131 e. The Balaban J connectivity index is 2.49. The Labute approximate surface area is 91.7 Å². The van der Waals surface area contributed by atoms with Crippen LogP contribution >= 0.6 is 0 Å². The van der Waals surface area contributed by atoms with E-state index in [-0.39, 0.29) is 11.8 Å². The molecular formula is C13H19NO. The van der Waals surface area contributed by atoms with Crippen LogP contribution in [0.3, 0.4) is 0 Å². The standard InChI is InChI=1S/C13H19NO/c1-10(9-11(2)15)14-12(3)13-7-5-4-6-8-13/h4-8,10,12,14H,9H2,1-3H3/t10?,12-/m0/s1. The minimum Gasteiger partial charge on any atom is -0.307 e. The molecule has 0 aliphatic carbocycles. The zero-order valence-corrected chi connectivity index (χ0v) is 9.66. The molecule has 15 heavy (non-hydrogen) atoms. The van der Waals surface area contributed by atoms with Gasteiger partial charge >= 0.3 is 0 Å². The second-order valence-corrected chi connectivity index (χ2v) is 4.11. The second kappa shape index (κ2) is 5.66. The van der Waals surface area contributed by atoms with Crippen molar-refractivity contribution in [2.75, 3.05) is 0 Å². The van der Waals surface area contributed by atoms with Gasteiger partial charge in [0.05, 0.1) is 0 Å². The van der Waals surface area contributed by atoms with Crippen LogP contribution in [0.25, 0.3) is 0 Å². The van der Waals surface area contributed by atoms with Crippen molar-refractivity contribution >= 4 is 5.78 Å². The summed E-state index contributed by atoms with van der Waals surface area (Å²) < 4.78 is 0. The van der Waals surface area contributed by atoms with Crippen LogP contribution in [0.5, 0.6) is 0 Å². The maximum atomic E-state index is 10.9. The van der Waals surface area contributed by atoms with E-state index in [0.717, 1.165) is 0 Å². The predicted octanol–water partition coefficient (Wildman–Crippen LogP) is 2.70. The Hall–Kier alpha value is -1.15. The number of hydrogen-bond donors (Lipinski definition) is 1. The number of carbonyl (C=O) groups is 1. The van der Waals surface area contributed by atoms with E-state index in [1.54, 1.807) is 6.92 Å². The molecular weight excluding hydrogens is 186 g/mol. The molecule has 0 fully saturated rings. The number of ketones is 1. The summed E-state index contributed by atoms with van der Waals surface area (Å²) in [5.41, 5.74) is 1.26. The van der Waals surface area contributed by atoms with Crippen LogP contribution in [0.1, 0.15) is 38.8 Å². The number of benzene rings is 1. The van der Waals surface area contributed by atoms with Crippen molar-refractivity contribution in [1.82, 2.24) is 5.32 Å². The van der Waals surface area contributed by atoms with Crippen molar-refractivity contribution < 1.29 is 4.79 Å². The molecule has 1 rings (SSSR count). The summed E-state index contributed by atoms with van der Waals surface area (Å²) in [7, 11) is 0. The second-order valence-electron chi connectivity index (χ2n) is 4.11. The van der Waals surface area contributed by atoms with Gasteiger partial charge in [0.2, 0.25) is 0 Å². The Morgan fingerprint density at radius 1 is 1.27 bits per heavy atom. The third-order valence-corrected chi connectivity index (χ3v) is 2.43. The van der Waals surface area contributed by atoms with Crippen molar-refractivity contribution in [3.05, 3.63) is 35.9 Å². The normalized spacial score (nSPS) is 14.6. The third kappa shape index (κ3) is 4.26. The molecule has 0 spiro atoms. The van der Waals surface area contributed by atoms with Gasteiger partial charge in [-0.15, -0.1) is 0 Å². The fourth-order valence-corrected chi connectivity index (χ4v) is 1.75. The molecule has 2 heteroatoms. The van der Waals surface area contributed by atoms with Crippen molar-refractivity contribution in [3.63, 3.8) is 0 Å². The van der Waals surface area contributed by atoms with Gasteiger partial charge in [0.15, 0.2) is 0 Å². The minimum absolute atomic E-state index is 0.232. The van der Waals surface area contributed by atoms with Crippen LogP contribution in [0.4, 0.5) is 0 Å². The lowest BCUT2D eigenvalue weighted by atomic mass is 10.1. The van der Waals surface area contributed by atoms with Gasteiger partial charge in [-0.3, -0.25) is 4.79 Å². The van der Waals surface area contributed by atoms with Crippen LogP contribution in [0, 0.1) is 0 Å². The number of Topliss-reactive ketones (excluding diaryl/α,β-unsaturated/α-hetero) is 1.